The van der Waals surface area contributed by atoms with Crippen LogP contribution in [0.3, 0.4) is 0 Å². The van der Waals surface area contributed by atoms with E-state index in [4.69, 9.17) is 4.74 Å². The van der Waals surface area contributed by atoms with Crippen LogP contribution in [0.25, 0.3) is 0 Å². The molecule has 0 fully saturated rings. The van der Waals surface area contributed by atoms with E-state index in [9.17, 15) is 13.2 Å². The minimum Gasteiger partial charge on any atom is -0.484 e. The quantitative estimate of drug-likeness (QED) is 0.526. The van der Waals surface area contributed by atoms with Crippen molar-refractivity contribution in [2.24, 2.45) is 4.99 Å². The summed E-state index contributed by atoms with van der Waals surface area (Å²) in [7, 11) is 1.64. The van der Waals surface area contributed by atoms with Gasteiger partial charge in [0.05, 0.1) is 5.01 Å². The molecule has 0 aliphatic carbocycles. The van der Waals surface area contributed by atoms with Gasteiger partial charge in [-0.2, -0.15) is 13.2 Å². The number of aromatic nitrogens is 1. The maximum Gasteiger partial charge on any atom is 0.422 e. The SMILES string of the molecule is CCc1cnc(CCNC(=NC)NCc2ccccc2OCC(F)(F)F)s1. The molecule has 1 aromatic heterocycles. The van der Waals surface area contributed by atoms with Gasteiger partial charge in [-0.25, -0.2) is 4.98 Å². The minimum atomic E-state index is -4.37. The van der Waals surface area contributed by atoms with Gasteiger partial charge in [0, 0.05) is 43.2 Å². The summed E-state index contributed by atoms with van der Waals surface area (Å²) in [6.45, 7) is 1.73. The molecule has 0 amide bonds. The molecule has 148 valence electrons. The monoisotopic (exact) mass is 400 g/mol. The Morgan fingerprint density at radius 3 is 2.70 bits per heavy atom. The van der Waals surface area contributed by atoms with E-state index in [1.165, 1.54) is 10.9 Å². The van der Waals surface area contributed by atoms with Gasteiger partial charge >= 0.3 is 6.18 Å². The van der Waals surface area contributed by atoms with Gasteiger partial charge in [0.1, 0.15) is 5.75 Å². The molecule has 2 rings (SSSR count). The highest BCUT2D eigenvalue weighted by molar-refractivity contribution is 7.11. The number of nitrogens with one attached hydrogen (secondary N) is 2. The molecule has 27 heavy (non-hydrogen) atoms. The lowest BCUT2D eigenvalue weighted by Gasteiger charge is -2.15. The van der Waals surface area contributed by atoms with E-state index in [1.54, 1.807) is 36.6 Å². The fourth-order valence-electron chi connectivity index (χ4n) is 2.26. The van der Waals surface area contributed by atoms with Crippen LogP contribution in [0.2, 0.25) is 0 Å². The number of para-hydroxylation sites is 1. The first kappa shape index (κ1) is 21.0. The molecule has 9 heteroatoms. The first-order valence-electron chi connectivity index (χ1n) is 8.57. The summed E-state index contributed by atoms with van der Waals surface area (Å²) in [4.78, 5) is 9.74. The van der Waals surface area contributed by atoms with Crippen molar-refractivity contribution < 1.29 is 17.9 Å². The third-order valence-electron chi connectivity index (χ3n) is 3.62. The lowest BCUT2D eigenvalue weighted by atomic mass is 10.2. The molecule has 0 aliphatic rings. The van der Waals surface area contributed by atoms with Crippen molar-refractivity contribution >= 4 is 17.3 Å². The summed E-state index contributed by atoms with van der Waals surface area (Å²) in [6.07, 6.45) is -0.725. The van der Waals surface area contributed by atoms with E-state index in [0.717, 1.165) is 17.8 Å². The molecule has 5 nitrogen and oxygen atoms in total. The number of thiazole rings is 1. The number of hydrogen-bond donors (Lipinski definition) is 2. The number of rotatable bonds is 8. The van der Waals surface area contributed by atoms with Crippen molar-refractivity contribution in [3.05, 3.63) is 45.9 Å². The van der Waals surface area contributed by atoms with E-state index >= 15 is 0 Å². The highest BCUT2D eigenvalue weighted by Crippen LogP contribution is 2.22. The number of hydrogen-bond acceptors (Lipinski definition) is 4. The molecule has 2 aromatic rings. The topological polar surface area (TPSA) is 58.5 Å². The molecule has 0 atom stereocenters. The summed E-state index contributed by atoms with van der Waals surface area (Å²) in [5, 5.41) is 7.32. The third-order valence-corrected chi connectivity index (χ3v) is 4.82. The number of benzene rings is 1. The lowest BCUT2D eigenvalue weighted by Crippen LogP contribution is -2.38. The highest BCUT2D eigenvalue weighted by Gasteiger charge is 2.28. The second-order valence-corrected chi connectivity index (χ2v) is 6.89. The van der Waals surface area contributed by atoms with Crippen molar-refractivity contribution in [3.8, 4) is 5.75 Å². The Hall–Kier alpha value is -2.29. The van der Waals surface area contributed by atoms with Crippen molar-refractivity contribution in [1.29, 1.82) is 0 Å². The van der Waals surface area contributed by atoms with Crippen molar-refractivity contribution in [1.82, 2.24) is 15.6 Å². The minimum absolute atomic E-state index is 0.202. The van der Waals surface area contributed by atoms with E-state index < -0.39 is 12.8 Å². The Kier molecular flexibility index (Phi) is 7.90. The van der Waals surface area contributed by atoms with Crippen molar-refractivity contribution in [2.45, 2.75) is 32.5 Å². The smallest absolute Gasteiger partial charge is 0.422 e. The maximum atomic E-state index is 12.4. The van der Waals surface area contributed by atoms with E-state index in [-0.39, 0.29) is 5.75 Å². The van der Waals surface area contributed by atoms with Crippen molar-refractivity contribution in [3.63, 3.8) is 0 Å². The Morgan fingerprint density at radius 2 is 2.04 bits per heavy atom. The zero-order valence-corrected chi connectivity index (χ0v) is 16.1. The second kappa shape index (κ2) is 10.1. The molecule has 0 unspecified atom stereocenters. The fraction of sp³-hybridized carbons (Fsp3) is 0.444. The van der Waals surface area contributed by atoms with Crippen LogP contribution in [0, 0.1) is 0 Å². The summed E-state index contributed by atoms with van der Waals surface area (Å²) in [5.41, 5.74) is 0.622. The molecule has 1 aromatic carbocycles. The van der Waals surface area contributed by atoms with Crippen molar-refractivity contribution in [2.75, 3.05) is 20.2 Å². The predicted octanol–water partition coefficient (Wildman–Crippen LogP) is 3.55. The molecule has 0 saturated heterocycles. The van der Waals surface area contributed by atoms with Gasteiger partial charge in [0.2, 0.25) is 0 Å². The zero-order chi connectivity index (χ0) is 19.7. The number of guanidine groups is 1. The van der Waals surface area contributed by atoms with Gasteiger partial charge in [-0.15, -0.1) is 11.3 Å². The number of ether oxygens (including phenoxy) is 1. The van der Waals surface area contributed by atoms with Crippen LogP contribution in [0.15, 0.2) is 35.5 Å². The lowest BCUT2D eigenvalue weighted by molar-refractivity contribution is -0.153. The van der Waals surface area contributed by atoms with E-state index in [2.05, 4.69) is 27.5 Å². The van der Waals surface area contributed by atoms with Crippen LogP contribution >= 0.6 is 11.3 Å². The van der Waals surface area contributed by atoms with E-state index in [1.807, 2.05) is 6.20 Å². The van der Waals surface area contributed by atoms with Crippen LogP contribution < -0.4 is 15.4 Å². The van der Waals surface area contributed by atoms with Crippen LogP contribution in [-0.2, 0) is 19.4 Å². The average molecular weight is 400 g/mol. The summed E-state index contributed by atoms with van der Waals surface area (Å²) in [5.74, 6) is 0.764. The molecular weight excluding hydrogens is 377 g/mol. The molecule has 1 heterocycles. The number of aryl methyl sites for hydroxylation is 1. The number of aliphatic imine (C=N–C) groups is 1. The van der Waals surface area contributed by atoms with Gasteiger partial charge in [0.25, 0.3) is 0 Å². The van der Waals surface area contributed by atoms with Gasteiger partial charge in [-0.1, -0.05) is 25.1 Å². The van der Waals surface area contributed by atoms with Gasteiger partial charge < -0.3 is 15.4 Å². The van der Waals surface area contributed by atoms with Crippen LogP contribution in [0.5, 0.6) is 5.75 Å². The molecule has 2 N–H and O–H groups in total. The molecule has 0 bridgehead atoms. The first-order valence-corrected chi connectivity index (χ1v) is 9.38. The van der Waals surface area contributed by atoms with Gasteiger partial charge in [-0.3, -0.25) is 4.99 Å². The first-order chi connectivity index (χ1) is 12.9. The fourth-order valence-corrected chi connectivity index (χ4v) is 3.13. The van der Waals surface area contributed by atoms with E-state index in [0.29, 0.717) is 24.6 Å². The van der Waals surface area contributed by atoms with Crippen LogP contribution in [0.4, 0.5) is 13.2 Å². The average Bonchev–Trinajstić information content (AvgIpc) is 3.11. The van der Waals surface area contributed by atoms with Gasteiger partial charge in [-0.05, 0) is 12.5 Å². The highest BCUT2D eigenvalue weighted by atomic mass is 32.1. The molecular formula is C18H23F3N4OS. The Labute approximate surface area is 160 Å². The second-order valence-electron chi connectivity index (χ2n) is 5.69. The van der Waals surface area contributed by atoms with Crippen LogP contribution in [-0.4, -0.2) is 37.3 Å². The summed E-state index contributed by atoms with van der Waals surface area (Å²) < 4.78 is 42.0. The molecule has 0 radical (unpaired) electrons. The summed E-state index contributed by atoms with van der Waals surface area (Å²) in [6, 6.07) is 6.63. The predicted molar refractivity (Wildman–Crippen MR) is 101 cm³/mol. The number of alkyl halides is 3. The zero-order valence-electron chi connectivity index (χ0n) is 15.3. The number of nitrogens with zero attached hydrogens (tertiary/aromatic N) is 2. The Morgan fingerprint density at radius 1 is 1.26 bits per heavy atom. The summed E-state index contributed by atoms with van der Waals surface area (Å²) >= 11 is 1.69. The third kappa shape index (κ3) is 7.46. The molecule has 0 saturated carbocycles. The number of halogens is 3. The molecule has 0 aliphatic heterocycles. The normalized spacial score (nSPS) is 12.1. The van der Waals surface area contributed by atoms with Crippen LogP contribution in [0.1, 0.15) is 22.4 Å². The van der Waals surface area contributed by atoms with Gasteiger partial charge in [0.15, 0.2) is 12.6 Å². The Bertz CT molecular complexity index is 746. The largest absolute Gasteiger partial charge is 0.484 e. The molecule has 0 spiro atoms. The maximum absolute atomic E-state index is 12.4. The standard InChI is InChI=1S/C18H23F3N4OS/c1-3-14-11-24-16(27-14)8-9-23-17(22-2)25-10-13-6-4-5-7-15(13)26-12-18(19,20)21/h4-7,11H,3,8-10,12H2,1-2H3,(H2,22,23,25). The Balaban J connectivity index is 1.83.